The molecule has 1 heterocycles. The Kier molecular flexibility index (Phi) is 4.24. The fourth-order valence-corrected chi connectivity index (χ4v) is 1.73. The van der Waals surface area contributed by atoms with Gasteiger partial charge < -0.3 is 4.74 Å². The number of hydrogen-bond acceptors (Lipinski definition) is 2. The Morgan fingerprint density at radius 1 is 1.12 bits per heavy atom. The molecule has 0 unspecified atom stereocenters. The first-order chi connectivity index (χ1) is 8.25. The highest BCUT2D eigenvalue weighted by atomic mass is 35.5. The molecule has 0 aliphatic carbocycles. The van der Waals surface area contributed by atoms with Crippen LogP contribution in [0.1, 0.15) is 5.69 Å². The zero-order valence-electron chi connectivity index (χ0n) is 9.07. The van der Waals surface area contributed by atoms with E-state index in [-0.39, 0.29) is 0 Å². The Labute approximate surface area is 110 Å². The van der Waals surface area contributed by atoms with Crippen LogP contribution in [0, 0.1) is 0 Å². The van der Waals surface area contributed by atoms with E-state index in [2.05, 4.69) is 4.98 Å². The molecule has 0 atom stereocenters. The number of benzene rings is 1. The van der Waals surface area contributed by atoms with Crippen molar-refractivity contribution in [3.63, 3.8) is 0 Å². The van der Waals surface area contributed by atoms with E-state index in [1.165, 1.54) is 0 Å². The van der Waals surface area contributed by atoms with Gasteiger partial charge in [-0.2, -0.15) is 0 Å². The molecule has 17 heavy (non-hydrogen) atoms. The summed E-state index contributed by atoms with van der Waals surface area (Å²) in [5.41, 5.74) is 0.991. The normalized spacial score (nSPS) is 10.2. The van der Waals surface area contributed by atoms with Gasteiger partial charge in [-0.05, 0) is 24.3 Å². The van der Waals surface area contributed by atoms with Crippen LogP contribution in [0.4, 0.5) is 0 Å². The molecule has 0 radical (unpaired) electrons. The van der Waals surface area contributed by atoms with Crippen LogP contribution in [-0.4, -0.2) is 11.6 Å². The van der Waals surface area contributed by atoms with E-state index in [1.807, 2.05) is 18.2 Å². The second kappa shape index (κ2) is 5.89. The van der Waals surface area contributed by atoms with Crippen molar-refractivity contribution in [3.8, 4) is 5.75 Å². The van der Waals surface area contributed by atoms with Crippen LogP contribution in [0.25, 0.3) is 0 Å². The maximum atomic E-state index is 5.98. The van der Waals surface area contributed by atoms with Gasteiger partial charge in [0.1, 0.15) is 5.75 Å². The number of pyridine rings is 1. The molecule has 0 bridgehead atoms. The number of ether oxygens (including phenoxy) is 1. The highest BCUT2D eigenvalue weighted by Crippen LogP contribution is 2.27. The van der Waals surface area contributed by atoms with Crippen LogP contribution in [-0.2, 0) is 6.42 Å². The summed E-state index contributed by atoms with van der Waals surface area (Å²) in [5.74, 6) is 0.607. The predicted molar refractivity (Wildman–Crippen MR) is 69.9 cm³/mol. The minimum Gasteiger partial charge on any atom is -0.492 e. The van der Waals surface area contributed by atoms with Crippen molar-refractivity contribution in [2.24, 2.45) is 0 Å². The predicted octanol–water partition coefficient (Wildman–Crippen LogP) is 4.01. The average Bonchev–Trinajstić information content (AvgIpc) is 2.35. The Hall–Kier alpha value is -1.25. The average molecular weight is 268 g/mol. The van der Waals surface area contributed by atoms with Gasteiger partial charge in [-0.1, -0.05) is 29.3 Å². The first kappa shape index (κ1) is 12.2. The quantitative estimate of drug-likeness (QED) is 0.835. The molecule has 0 amide bonds. The molecule has 4 heteroatoms. The molecule has 0 N–H and O–H groups in total. The van der Waals surface area contributed by atoms with E-state index in [0.29, 0.717) is 22.4 Å². The first-order valence-electron chi connectivity index (χ1n) is 5.23. The van der Waals surface area contributed by atoms with Crippen LogP contribution >= 0.6 is 23.2 Å². The Bertz CT molecular complexity index is 488. The lowest BCUT2D eigenvalue weighted by atomic mass is 10.3. The number of rotatable bonds is 4. The van der Waals surface area contributed by atoms with Gasteiger partial charge in [0.25, 0.3) is 0 Å². The van der Waals surface area contributed by atoms with Gasteiger partial charge in [-0.3, -0.25) is 4.98 Å². The molecule has 2 nitrogen and oxygen atoms in total. The molecule has 88 valence electrons. The molecule has 2 aromatic rings. The van der Waals surface area contributed by atoms with E-state index < -0.39 is 0 Å². The summed E-state index contributed by atoms with van der Waals surface area (Å²) in [6.45, 7) is 0.525. The van der Waals surface area contributed by atoms with Crippen LogP contribution in [0.5, 0.6) is 5.75 Å². The van der Waals surface area contributed by atoms with Crippen molar-refractivity contribution in [3.05, 3.63) is 58.3 Å². The van der Waals surface area contributed by atoms with Crippen molar-refractivity contribution in [2.45, 2.75) is 6.42 Å². The number of nitrogens with zero attached hydrogens (tertiary/aromatic N) is 1. The molecule has 0 spiro atoms. The van der Waals surface area contributed by atoms with Gasteiger partial charge in [0.15, 0.2) is 0 Å². The lowest BCUT2D eigenvalue weighted by Gasteiger charge is -2.07. The van der Waals surface area contributed by atoms with Crippen molar-refractivity contribution < 1.29 is 4.74 Å². The molecule has 0 saturated carbocycles. The SMILES string of the molecule is Clc1ccc(Cl)c(OCCc2ccccn2)c1. The highest BCUT2D eigenvalue weighted by Gasteiger charge is 2.02. The molecule has 0 aliphatic rings. The Balaban J connectivity index is 1.92. The van der Waals surface area contributed by atoms with Crippen LogP contribution in [0.3, 0.4) is 0 Å². The summed E-state index contributed by atoms with van der Waals surface area (Å²) in [5, 5.41) is 1.18. The third kappa shape index (κ3) is 3.62. The van der Waals surface area contributed by atoms with Crippen molar-refractivity contribution in [2.75, 3.05) is 6.61 Å². The van der Waals surface area contributed by atoms with E-state index in [4.69, 9.17) is 27.9 Å². The minimum atomic E-state index is 0.525. The standard InChI is InChI=1S/C13H11Cl2NO/c14-10-4-5-12(15)13(9-10)17-8-6-11-3-1-2-7-16-11/h1-5,7,9H,6,8H2. The van der Waals surface area contributed by atoms with E-state index in [0.717, 1.165) is 12.1 Å². The molecule has 1 aromatic heterocycles. The van der Waals surface area contributed by atoms with E-state index >= 15 is 0 Å². The van der Waals surface area contributed by atoms with Gasteiger partial charge in [-0.25, -0.2) is 0 Å². The third-order valence-electron chi connectivity index (χ3n) is 2.24. The van der Waals surface area contributed by atoms with Gasteiger partial charge in [0.2, 0.25) is 0 Å². The summed E-state index contributed by atoms with van der Waals surface area (Å²) >= 11 is 11.8. The van der Waals surface area contributed by atoms with Gasteiger partial charge >= 0.3 is 0 Å². The smallest absolute Gasteiger partial charge is 0.139 e. The summed E-state index contributed by atoms with van der Waals surface area (Å²) in [6, 6.07) is 11.0. The van der Waals surface area contributed by atoms with Crippen LogP contribution < -0.4 is 4.74 Å². The number of halogens is 2. The first-order valence-corrected chi connectivity index (χ1v) is 5.99. The lowest BCUT2D eigenvalue weighted by Crippen LogP contribution is -2.02. The van der Waals surface area contributed by atoms with Crippen molar-refractivity contribution in [1.29, 1.82) is 0 Å². The van der Waals surface area contributed by atoms with Crippen LogP contribution in [0.15, 0.2) is 42.6 Å². The Morgan fingerprint density at radius 3 is 2.76 bits per heavy atom. The van der Waals surface area contributed by atoms with Crippen molar-refractivity contribution >= 4 is 23.2 Å². The molecule has 0 saturated heterocycles. The Morgan fingerprint density at radius 2 is 2.00 bits per heavy atom. The topological polar surface area (TPSA) is 22.1 Å². The summed E-state index contributed by atoms with van der Waals surface area (Å²) < 4.78 is 5.57. The summed E-state index contributed by atoms with van der Waals surface area (Å²) in [4.78, 5) is 4.21. The zero-order valence-corrected chi connectivity index (χ0v) is 10.6. The van der Waals surface area contributed by atoms with Gasteiger partial charge in [-0.15, -0.1) is 0 Å². The maximum Gasteiger partial charge on any atom is 0.139 e. The molecular formula is C13H11Cl2NO. The second-order valence-electron chi connectivity index (χ2n) is 3.49. The fraction of sp³-hybridized carbons (Fsp3) is 0.154. The molecule has 0 aliphatic heterocycles. The number of aromatic nitrogens is 1. The third-order valence-corrected chi connectivity index (χ3v) is 2.78. The fourth-order valence-electron chi connectivity index (χ4n) is 1.40. The van der Waals surface area contributed by atoms with E-state index in [1.54, 1.807) is 24.4 Å². The zero-order chi connectivity index (χ0) is 12.1. The monoisotopic (exact) mass is 267 g/mol. The largest absolute Gasteiger partial charge is 0.492 e. The van der Waals surface area contributed by atoms with Gasteiger partial charge in [0, 0.05) is 29.4 Å². The molecule has 1 aromatic carbocycles. The molecule has 0 fully saturated rings. The number of hydrogen-bond donors (Lipinski definition) is 0. The van der Waals surface area contributed by atoms with Crippen LogP contribution in [0.2, 0.25) is 10.0 Å². The van der Waals surface area contributed by atoms with Crippen molar-refractivity contribution in [1.82, 2.24) is 4.98 Å². The lowest BCUT2D eigenvalue weighted by molar-refractivity contribution is 0.321. The maximum absolute atomic E-state index is 5.98. The van der Waals surface area contributed by atoms with E-state index in [9.17, 15) is 0 Å². The second-order valence-corrected chi connectivity index (χ2v) is 4.34. The summed E-state index contributed by atoms with van der Waals surface area (Å²) in [7, 11) is 0. The molecular weight excluding hydrogens is 257 g/mol. The molecule has 2 rings (SSSR count). The van der Waals surface area contributed by atoms with Gasteiger partial charge in [0.05, 0.1) is 11.6 Å². The summed E-state index contributed by atoms with van der Waals surface area (Å²) in [6.07, 6.45) is 2.51. The highest BCUT2D eigenvalue weighted by molar-refractivity contribution is 6.34. The minimum absolute atomic E-state index is 0.525.